The Balaban J connectivity index is 2.17. The van der Waals surface area contributed by atoms with Gasteiger partial charge in [0.15, 0.2) is 0 Å². The van der Waals surface area contributed by atoms with E-state index in [1.165, 1.54) is 11.1 Å². The summed E-state index contributed by atoms with van der Waals surface area (Å²) >= 11 is 0. The highest BCUT2D eigenvalue weighted by Crippen LogP contribution is 2.34. The van der Waals surface area contributed by atoms with Crippen molar-refractivity contribution in [1.29, 1.82) is 0 Å². The summed E-state index contributed by atoms with van der Waals surface area (Å²) in [5, 5.41) is 0. The van der Waals surface area contributed by atoms with Crippen LogP contribution in [-0.2, 0) is 37.3 Å². The van der Waals surface area contributed by atoms with Crippen molar-refractivity contribution in [1.82, 2.24) is 0 Å². The van der Waals surface area contributed by atoms with Gasteiger partial charge in [0.2, 0.25) is 0 Å². The number of benzene rings is 2. The van der Waals surface area contributed by atoms with E-state index in [1.807, 2.05) is 41.5 Å². The molecule has 0 heterocycles. The van der Waals surface area contributed by atoms with Crippen LogP contribution in [0.1, 0.15) is 84.1 Å². The molecule has 0 N–H and O–H groups in total. The zero-order valence-electron chi connectivity index (χ0n) is 22.3. The third-order valence-corrected chi connectivity index (χ3v) is 6.97. The minimum Gasteiger partial charge on any atom is -0.466 e. The molecule has 1 atom stereocenters. The number of rotatable bonds is 11. The van der Waals surface area contributed by atoms with Crippen molar-refractivity contribution >= 4 is 11.9 Å². The molecule has 0 aliphatic rings. The normalized spacial score (nSPS) is 13.8. The van der Waals surface area contributed by atoms with Gasteiger partial charge in [-0.1, -0.05) is 69.3 Å². The molecule has 0 fully saturated rings. The monoisotopic (exact) mass is 466 g/mol. The van der Waals surface area contributed by atoms with Gasteiger partial charge in [-0.05, 0) is 76.1 Å². The molecule has 2 aromatic rings. The topological polar surface area (TPSA) is 52.6 Å². The van der Waals surface area contributed by atoms with Crippen LogP contribution in [0.4, 0.5) is 0 Å². The molecule has 4 heteroatoms. The lowest BCUT2D eigenvalue weighted by atomic mass is 9.76. The van der Waals surface area contributed by atoms with Gasteiger partial charge in [-0.2, -0.15) is 0 Å². The van der Waals surface area contributed by atoms with Gasteiger partial charge in [-0.15, -0.1) is 0 Å². The van der Waals surface area contributed by atoms with E-state index in [0.29, 0.717) is 26.1 Å². The molecule has 0 amide bonds. The predicted octanol–water partition coefficient (Wildman–Crippen LogP) is 6.67. The molecular weight excluding hydrogens is 424 g/mol. The Morgan fingerprint density at radius 1 is 0.647 bits per heavy atom. The molecular formula is C30H42O4. The predicted molar refractivity (Wildman–Crippen MR) is 138 cm³/mol. The van der Waals surface area contributed by atoms with Crippen LogP contribution >= 0.6 is 0 Å². The molecule has 0 bridgehead atoms. The van der Waals surface area contributed by atoms with E-state index in [1.54, 1.807) is 0 Å². The molecule has 1 unspecified atom stereocenters. The van der Waals surface area contributed by atoms with Crippen LogP contribution in [0.25, 0.3) is 0 Å². The zero-order chi connectivity index (χ0) is 25.6. The van der Waals surface area contributed by atoms with Crippen molar-refractivity contribution in [2.45, 2.75) is 80.1 Å². The van der Waals surface area contributed by atoms with Crippen LogP contribution < -0.4 is 0 Å². The van der Waals surface area contributed by atoms with Gasteiger partial charge in [-0.3, -0.25) is 9.59 Å². The maximum atomic E-state index is 12.4. The Bertz CT molecular complexity index is 954. The summed E-state index contributed by atoms with van der Waals surface area (Å²) < 4.78 is 10.5. The van der Waals surface area contributed by atoms with E-state index >= 15 is 0 Å². The van der Waals surface area contributed by atoms with Crippen LogP contribution in [0.5, 0.6) is 0 Å². The van der Waals surface area contributed by atoms with Crippen molar-refractivity contribution < 1.29 is 19.1 Å². The Morgan fingerprint density at radius 2 is 1.06 bits per heavy atom. The molecule has 0 saturated heterocycles. The number of carbonyl (C=O) groups is 2. The first kappa shape index (κ1) is 27.6. The average molecular weight is 467 g/mol. The van der Waals surface area contributed by atoms with Crippen LogP contribution in [-0.4, -0.2) is 25.2 Å². The third-order valence-electron chi connectivity index (χ3n) is 6.97. The minimum atomic E-state index is -0.556. The summed E-state index contributed by atoms with van der Waals surface area (Å²) in [5.74, 6) is -0.297. The van der Waals surface area contributed by atoms with E-state index in [0.717, 1.165) is 17.5 Å². The van der Waals surface area contributed by atoms with Gasteiger partial charge >= 0.3 is 11.9 Å². The molecule has 0 saturated carbocycles. The fourth-order valence-electron chi connectivity index (χ4n) is 4.25. The Morgan fingerprint density at radius 3 is 1.47 bits per heavy atom. The van der Waals surface area contributed by atoms with Gasteiger partial charge in [0.25, 0.3) is 0 Å². The smallest absolute Gasteiger partial charge is 0.312 e. The molecule has 0 spiro atoms. The maximum Gasteiger partial charge on any atom is 0.312 e. The first-order valence-electron chi connectivity index (χ1n) is 12.4. The fraction of sp³-hybridized carbons (Fsp3) is 0.533. The molecule has 2 rings (SSSR count). The van der Waals surface area contributed by atoms with E-state index in [4.69, 9.17) is 9.47 Å². The van der Waals surface area contributed by atoms with Crippen molar-refractivity contribution in [3.63, 3.8) is 0 Å². The summed E-state index contributed by atoms with van der Waals surface area (Å²) in [5.41, 5.74) is 3.43. The number of esters is 2. The van der Waals surface area contributed by atoms with Crippen molar-refractivity contribution in [2.75, 3.05) is 13.2 Å². The Kier molecular flexibility index (Phi) is 9.10. The van der Waals surface area contributed by atoms with Gasteiger partial charge in [0, 0.05) is 5.41 Å². The standard InChI is InChI=1S/C30H42O4/c1-9-30(8,27(32)34-11-3)21-23-14-18-25(19-15-23)29(6,7)24-16-12-22(13-17-24)20-28(4,5)26(31)33-10-2/h12-19H,9-11,20-21H2,1-8H3. The van der Waals surface area contributed by atoms with Gasteiger partial charge < -0.3 is 9.47 Å². The third kappa shape index (κ3) is 6.49. The van der Waals surface area contributed by atoms with Gasteiger partial charge in [-0.25, -0.2) is 0 Å². The van der Waals surface area contributed by atoms with Gasteiger partial charge in [0.05, 0.1) is 24.0 Å². The lowest BCUT2D eigenvalue weighted by Crippen LogP contribution is -2.31. The van der Waals surface area contributed by atoms with E-state index in [9.17, 15) is 9.59 Å². The average Bonchev–Trinajstić information content (AvgIpc) is 2.79. The number of hydrogen-bond acceptors (Lipinski definition) is 4. The SMILES string of the molecule is CCOC(=O)C(C)(C)Cc1ccc(C(C)(C)c2ccc(CC(C)(CC)C(=O)OCC)cc2)cc1. The second-order valence-corrected chi connectivity index (χ2v) is 10.6. The quantitative estimate of drug-likeness (QED) is 0.347. The second kappa shape index (κ2) is 11.2. The Hall–Kier alpha value is -2.62. The molecule has 34 heavy (non-hydrogen) atoms. The number of carbonyl (C=O) groups excluding carboxylic acids is 2. The minimum absolute atomic E-state index is 0.131. The molecule has 2 aromatic carbocycles. The summed E-state index contributed by atoms with van der Waals surface area (Å²) in [4.78, 5) is 24.7. The highest BCUT2D eigenvalue weighted by Gasteiger charge is 2.33. The van der Waals surface area contributed by atoms with E-state index in [-0.39, 0.29) is 17.4 Å². The fourth-order valence-corrected chi connectivity index (χ4v) is 4.25. The second-order valence-electron chi connectivity index (χ2n) is 10.6. The van der Waals surface area contributed by atoms with Crippen molar-refractivity contribution in [2.24, 2.45) is 10.8 Å². The summed E-state index contributed by atoms with van der Waals surface area (Å²) in [6.45, 7) is 16.8. The molecule has 0 aliphatic heterocycles. The van der Waals surface area contributed by atoms with Crippen LogP contribution in [0, 0.1) is 10.8 Å². The van der Waals surface area contributed by atoms with E-state index in [2.05, 4.69) is 62.4 Å². The number of ether oxygens (including phenoxy) is 2. The highest BCUT2D eigenvalue weighted by atomic mass is 16.5. The highest BCUT2D eigenvalue weighted by molar-refractivity contribution is 5.77. The largest absolute Gasteiger partial charge is 0.466 e. The maximum absolute atomic E-state index is 12.4. The molecule has 4 nitrogen and oxygen atoms in total. The first-order valence-corrected chi connectivity index (χ1v) is 12.4. The van der Waals surface area contributed by atoms with Crippen molar-refractivity contribution in [3.05, 3.63) is 70.8 Å². The first-order chi connectivity index (χ1) is 15.9. The van der Waals surface area contributed by atoms with Crippen LogP contribution in [0.3, 0.4) is 0 Å². The number of hydrogen-bond donors (Lipinski definition) is 0. The van der Waals surface area contributed by atoms with Gasteiger partial charge in [0.1, 0.15) is 0 Å². The molecule has 0 aromatic heterocycles. The molecule has 0 aliphatic carbocycles. The lowest BCUT2D eigenvalue weighted by Gasteiger charge is -2.28. The van der Waals surface area contributed by atoms with E-state index < -0.39 is 10.8 Å². The molecule has 186 valence electrons. The summed E-state index contributed by atoms with van der Waals surface area (Å²) in [6.07, 6.45) is 2.03. The van der Waals surface area contributed by atoms with Crippen LogP contribution in [0.2, 0.25) is 0 Å². The molecule has 0 radical (unpaired) electrons. The lowest BCUT2D eigenvalue weighted by molar-refractivity contribution is -0.155. The summed E-state index contributed by atoms with van der Waals surface area (Å²) in [6, 6.07) is 17.1. The van der Waals surface area contributed by atoms with Crippen LogP contribution in [0.15, 0.2) is 48.5 Å². The Labute approximate surface area is 206 Å². The summed E-state index contributed by atoms with van der Waals surface area (Å²) in [7, 11) is 0. The zero-order valence-corrected chi connectivity index (χ0v) is 22.3. The van der Waals surface area contributed by atoms with Crippen molar-refractivity contribution in [3.8, 4) is 0 Å².